The van der Waals surface area contributed by atoms with Crippen LogP contribution in [0.2, 0.25) is 0 Å². The van der Waals surface area contributed by atoms with Crippen molar-refractivity contribution >= 4 is 10.9 Å². The molecule has 5 heteroatoms. The van der Waals surface area contributed by atoms with Crippen LogP contribution in [0.1, 0.15) is 25.5 Å². The van der Waals surface area contributed by atoms with E-state index < -0.39 is 0 Å². The van der Waals surface area contributed by atoms with Gasteiger partial charge in [0.05, 0.1) is 5.56 Å². The topological polar surface area (TPSA) is 67.6 Å². The van der Waals surface area contributed by atoms with Crippen molar-refractivity contribution in [2.45, 2.75) is 19.9 Å². The minimum absolute atomic E-state index is 0.304. The Labute approximate surface area is 110 Å². The van der Waals surface area contributed by atoms with Crippen LogP contribution < -0.4 is 0 Å². The van der Waals surface area contributed by atoms with Crippen molar-refractivity contribution in [1.29, 1.82) is 5.26 Å². The third kappa shape index (κ3) is 1.78. The van der Waals surface area contributed by atoms with E-state index in [9.17, 15) is 5.26 Å². The largest absolute Gasteiger partial charge is 0.344 e. The third-order valence-corrected chi connectivity index (χ3v) is 3.12. The first-order chi connectivity index (χ1) is 9.20. The van der Waals surface area contributed by atoms with Gasteiger partial charge in [0, 0.05) is 28.7 Å². The van der Waals surface area contributed by atoms with Crippen molar-refractivity contribution in [2.75, 3.05) is 0 Å². The van der Waals surface area contributed by atoms with Gasteiger partial charge in [-0.1, -0.05) is 5.16 Å². The van der Waals surface area contributed by atoms with E-state index in [-0.39, 0.29) is 0 Å². The van der Waals surface area contributed by atoms with Gasteiger partial charge in [0.15, 0.2) is 6.33 Å². The molecule has 0 amide bonds. The highest BCUT2D eigenvalue weighted by molar-refractivity contribution is 5.89. The van der Waals surface area contributed by atoms with Crippen molar-refractivity contribution in [3.05, 3.63) is 36.3 Å². The van der Waals surface area contributed by atoms with Gasteiger partial charge in [-0.3, -0.25) is 0 Å². The molecule has 2 aromatic heterocycles. The van der Waals surface area contributed by atoms with Crippen LogP contribution in [0.3, 0.4) is 0 Å². The monoisotopic (exact) mass is 252 g/mol. The molecule has 94 valence electrons. The summed E-state index contributed by atoms with van der Waals surface area (Å²) in [6.45, 7) is 4.18. The van der Waals surface area contributed by atoms with Crippen LogP contribution in [0.15, 0.2) is 35.2 Å². The Hall–Kier alpha value is -2.61. The highest BCUT2D eigenvalue weighted by Crippen LogP contribution is 2.28. The first-order valence-corrected chi connectivity index (χ1v) is 6.02. The van der Waals surface area contributed by atoms with Gasteiger partial charge in [-0.2, -0.15) is 10.2 Å². The summed E-state index contributed by atoms with van der Waals surface area (Å²) in [6.07, 6.45) is 3.25. The second kappa shape index (κ2) is 4.25. The first kappa shape index (κ1) is 11.5. The number of rotatable bonds is 2. The van der Waals surface area contributed by atoms with Gasteiger partial charge >= 0.3 is 0 Å². The number of nitrogens with zero attached hydrogens (tertiary/aromatic N) is 4. The van der Waals surface area contributed by atoms with E-state index in [1.807, 2.05) is 24.4 Å². The standard InChI is InChI=1S/C14H12N4O/c1-9(2)18-7-11(6-15)12-5-10(3-4-13(12)18)14-16-8-17-19-14/h3-5,7-9H,1-2H3. The third-order valence-electron chi connectivity index (χ3n) is 3.12. The quantitative estimate of drug-likeness (QED) is 0.702. The van der Waals surface area contributed by atoms with Crippen molar-refractivity contribution in [1.82, 2.24) is 14.7 Å². The second-order valence-electron chi connectivity index (χ2n) is 4.63. The molecule has 1 aromatic carbocycles. The Bertz CT molecular complexity index is 763. The molecule has 0 unspecified atom stereocenters. The van der Waals surface area contributed by atoms with Crippen molar-refractivity contribution < 1.29 is 4.52 Å². The minimum atomic E-state index is 0.304. The molecule has 0 bridgehead atoms. The van der Waals surface area contributed by atoms with E-state index in [1.54, 1.807) is 0 Å². The molecule has 2 heterocycles. The van der Waals surface area contributed by atoms with E-state index >= 15 is 0 Å². The van der Waals surface area contributed by atoms with Crippen LogP contribution in [-0.4, -0.2) is 14.7 Å². The first-order valence-electron chi connectivity index (χ1n) is 6.02. The molecule has 19 heavy (non-hydrogen) atoms. The fourth-order valence-corrected chi connectivity index (χ4v) is 2.20. The van der Waals surface area contributed by atoms with Crippen molar-refractivity contribution in [2.24, 2.45) is 0 Å². The molecule has 0 saturated carbocycles. The summed E-state index contributed by atoms with van der Waals surface area (Å²) in [5.41, 5.74) is 2.52. The maximum atomic E-state index is 9.24. The van der Waals surface area contributed by atoms with E-state index in [0.717, 1.165) is 16.5 Å². The van der Waals surface area contributed by atoms with Crippen LogP contribution in [-0.2, 0) is 0 Å². The van der Waals surface area contributed by atoms with Gasteiger partial charge in [0.2, 0.25) is 0 Å². The maximum absolute atomic E-state index is 9.24. The van der Waals surface area contributed by atoms with E-state index in [2.05, 4.69) is 34.6 Å². The Kier molecular flexibility index (Phi) is 2.57. The molecule has 0 saturated heterocycles. The zero-order valence-corrected chi connectivity index (χ0v) is 10.7. The molecule has 0 aliphatic heterocycles. The lowest BCUT2D eigenvalue weighted by Gasteiger charge is -2.08. The number of fused-ring (bicyclic) bond motifs is 1. The van der Waals surface area contributed by atoms with Crippen molar-refractivity contribution in [3.63, 3.8) is 0 Å². The summed E-state index contributed by atoms with van der Waals surface area (Å²) in [4.78, 5) is 4.02. The minimum Gasteiger partial charge on any atom is -0.344 e. The molecule has 0 fully saturated rings. The average Bonchev–Trinajstić information content (AvgIpc) is 3.05. The number of benzene rings is 1. The van der Waals surface area contributed by atoms with Crippen LogP contribution in [0.4, 0.5) is 0 Å². The molecular weight excluding hydrogens is 240 g/mol. The van der Waals surface area contributed by atoms with Gasteiger partial charge in [-0.25, -0.2) is 0 Å². The Balaban J connectivity index is 2.26. The molecule has 0 atom stereocenters. The van der Waals surface area contributed by atoms with Gasteiger partial charge in [-0.15, -0.1) is 0 Å². The lowest BCUT2D eigenvalue weighted by molar-refractivity contribution is 0.430. The van der Waals surface area contributed by atoms with E-state index in [0.29, 0.717) is 17.5 Å². The molecule has 0 spiro atoms. The zero-order chi connectivity index (χ0) is 13.4. The number of hydrogen-bond acceptors (Lipinski definition) is 4. The van der Waals surface area contributed by atoms with Crippen LogP contribution >= 0.6 is 0 Å². The molecule has 0 aliphatic carbocycles. The van der Waals surface area contributed by atoms with Crippen LogP contribution in [0.25, 0.3) is 22.4 Å². The summed E-state index contributed by atoms with van der Waals surface area (Å²) < 4.78 is 7.13. The van der Waals surface area contributed by atoms with Crippen molar-refractivity contribution in [3.8, 4) is 17.5 Å². The second-order valence-corrected chi connectivity index (χ2v) is 4.63. The van der Waals surface area contributed by atoms with Gasteiger partial charge in [-0.05, 0) is 32.0 Å². The van der Waals surface area contributed by atoms with E-state index in [4.69, 9.17) is 4.52 Å². The lowest BCUT2D eigenvalue weighted by atomic mass is 10.1. The maximum Gasteiger partial charge on any atom is 0.257 e. The molecule has 0 aliphatic rings. The Morgan fingerprint density at radius 1 is 1.37 bits per heavy atom. The SMILES string of the molecule is CC(C)n1cc(C#N)c2cc(-c3ncno3)ccc21. The zero-order valence-electron chi connectivity index (χ0n) is 10.7. The summed E-state index contributed by atoms with van der Waals surface area (Å²) in [5.74, 6) is 0.461. The summed E-state index contributed by atoms with van der Waals surface area (Å²) >= 11 is 0. The number of nitriles is 1. The molecule has 3 aromatic rings. The number of hydrogen-bond donors (Lipinski definition) is 0. The lowest BCUT2D eigenvalue weighted by Crippen LogP contribution is -1.97. The summed E-state index contributed by atoms with van der Waals surface area (Å²) in [6, 6.07) is 8.36. The molecule has 0 radical (unpaired) electrons. The molecule has 0 N–H and O–H groups in total. The average molecular weight is 252 g/mol. The fraction of sp³-hybridized carbons (Fsp3) is 0.214. The molecule has 3 rings (SSSR count). The highest BCUT2D eigenvalue weighted by Gasteiger charge is 2.13. The fourth-order valence-electron chi connectivity index (χ4n) is 2.20. The van der Waals surface area contributed by atoms with E-state index in [1.165, 1.54) is 6.33 Å². The summed E-state index contributed by atoms with van der Waals surface area (Å²) in [7, 11) is 0. The van der Waals surface area contributed by atoms with Gasteiger partial charge in [0.25, 0.3) is 5.89 Å². The smallest absolute Gasteiger partial charge is 0.257 e. The van der Waals surface area contributed by atoms with Crippen LogP contribution in [0.5, 0.6) is 0 Å². The van der Waals surface area contributed by atoms with Gasteiger partial charge < -0.3 is 9.09 Å². The predicted octanol–water partition coefficient (Wildman–Crippen LogP) is 3.14. The Morgan fingerprint density at radius 3 is 2.84 bits per heavy atom. The number of aromatic nitrogens is 3. The Morgan fingerprint density at radius 2 is 2.21 bits per heavy atom. The predicted molar refractivity (Wildman–Crippen MR) is 70.3 cm³/mol. The van der Waals surface area contributed by atoms with Gasteiger partial charge in [0.1, 0.15) is 6.07 Å². The molecule has 5 nitrogen and oxygen atoms in total. The summed E-state index contributed by atoms with van der Waals surface area (Å²) in [5, 5.41) is 13.7. The normalized spacial score (nSPS) is 11.1. The highest BCUT2D eigenvalue weighted by atomic mass is 16.5. The van der Waals surface area contributed by atoms with Crippen LogP contribution in [0, 0.1) is 11.3 Å². The molecular formula is C14H12N4O.